The number of unbranched alkanes of at least 4 members (excludes halogenated alkanes) is 2. The van der Waals surface area contributed by atoms with Gasteiger partial charge in [-0.25, -0.2) is 0 Å². The van der Waals surface area contributed by atoms with Gasteiger partial charge < -0.3 is 15.4 Å². The number of pyridine rings is 3. The molecule has 3 heterocycles. The number of nitrogens with one attached hydrogen (secondary N) is 2. The van der Waals surface area contributed by atoms with Crippen LogP contribution in [0.4, 0.5) is 5.69 Å². The van der Waals surface area contributed by atoms with Gasteiger partial charge in [0.05, 0.1) is 34.6 Å². The fourth-order valence-corrected chi connectivity index (χ4v) is 4.44. The van der Waals surface area contributed by atoms with Gasteiger partial charge in [-0.3, -0.25) is 24.5 Å². The first-order chi connectivity index (χ1) is 20.1. The van der Waals surface area contributed by atoms with Gasteiger partial charge in [-0.05, 0) is 61.0 Å². The number of ether oxygens (including phenoxy) is 1. The Labute approximate surface area is 238 Å². The molecule has 206 valence electrons. The average molecular weight is 546 g/mol. The predicted octanol–water partition coefficient (Wildman–Crippen LogP) is 6.37. The molecule has 0 radical (unpaired) electrons. The van der Waals surface area contributed by atoms with Crippen molar-refractivity contribution < 1.29 is 14.3 Å². The number of carbonyl (C=O) groups is 2. The summed E-state index contributed by atoms with van der Waals surface area (Å²) in [6, 6.07) is 25.0. The molecule has 2 amide bonds. The maximum atomic E-state index is 13.3. The van der Waals surface area contributed by atoms with Crippen molar-refractivity contribution in [1.29, 1.82) is 0 Å². The zero-order chi connectivity index (χ0) is 28.4. The van der Waals surface area contributed by atoms with Gasteiger partial charge in [0.25, 0.3) is 11.8 Å². The summed E-state index contributed by atoms with van der Waals surface area (Å²) >= 11 is 0. The number of nitrogens with zero attached hydrogens (tertiary/aromatic N) is 3. The summed E-state index contributed by atoms with van der Waals surface area (Å²) < 4.78 is 5.87. The van der Waals surface area contributed by atoms with E-state index in [9.17, 15) is 9.59 Å². The molecule has 0 saturated carbocycles. The highest BCUT2D eigenvalue weighted by molar-refractivity contribution is 6.07. The Morgan fingerprint density at radius 2 is 1.54 bits per heavy atom. The lowest BCUT2D eigenvalue weighted by atomic mass is 10.1. The van der Waals surface area contributed by atoms with Crippen molar-refractivity contribution in [3.63, 3.8) is 0 Å². The van der Waals surface area contributed by atoms with Crippen LogP contribution in [-0.2, 0) is 0 Å². The molecule has 0 fully saturated rings. The number of fused-ring (bicyclic) bond motifs is 1. The molecule has 3 aromatic heterocycles. The lowest BCUT2D eigenvalue weighted by Gasteiger charge is -2.18. The molecule has 0 atom stereocenters. The molecule has 5 aromatic rings. The molecule has 2 aromatic carbocycles. The minimum atomic E-state index is -0.517. The molecule has 0 aliphatic rings. The first kappa shape index (κ1) is 27.5. The minimum Gasteiger partial charge on any atom is -0.493 e. The summed E-state index contributed by atoms with van der Waals surface area (Å²) in [5.41, 5.74) is 3.48. The number of aromatic nitrogens is 3. The summed E-state index contributed by atoms with van der Waals surface area (Å²) in [4.78, 5) is 39.7. The highest BCUT2D eigenvalue weighted by Gasteiger charge is 2.20. The van der Waals surface area contributed by atoms with Crippen LogP contribution in [0.3, 0.4) is 0 Å². The molecule has 2 N–H and O–H groups in total. The van der Waals surface area contributed by atoms with Gasteiger partial charge in [0.1, 0.15) is 11.8 Å². The van der Waals surface area contributed by atoms with Crippen LogP contribution in [0, 0.1) is 0 Å². The third kappa shape index (κ3) is 6.91. The zero-order valence-corrected chi connectivity index (χ0v) is 22.8. The molecule has 0 aliphatic heterocycles. The van der Waals surface area contributed by atoms with Gasteiger partial charge in [0, 0.05) is 29.7 Å². The van der Waals surface area contributed by atoms with Crippen LogP contribution in [0.5, 0.6) is 5.75 Å². The number of hydrogen-bond acceptors (Lipinski definition) is 6. The maximum absolute atomic E-state index is 13.3. The smallest absolute Gasteiger partial charge is 0.259 e. The second-order valence-electron chi connectivity index (χ2n) is 9.55. The van der Waals surface area contributed by atoms with Crippen molar-refractivity contribution in [1.82, 2.24) is 20.3 Å². The molecule has 41 heavy (non-hydrogen) atoms. The Kier molecular flexibility index (Phi) is 8.91. The van der Waals surface area contributed by atoms with E-state index in [1.54, 1.807) is 36.7 Å². The second-order valence-corrected chi connectivity index (χ2v) is 9.55. The highest BCUT2D eigenvalue weighted by atomic mass is 16.5. The first-order valence-electron chi connectivity index (χ1n) is 13.7. The monoisotopic (exact) mass is 545 g/mol. The van der Waals surface area contributed by atoms with Crippen LogP contribution in [0.15, 0.2) is 104 Å². The van der Waals surface area contributed by atoms with Crippen molar-refractivity contribution in [2.24, 2.45) is 0 Å². The molecule has 0 spiro atoms. The van der Waals surface area contributed by atoms with Crippen molar-refractivity contribution in [3.8, 4) is 5.75 Å². The van der Waals surface area contributed by atoms with E-state index in [1.165, 1.54) is 6.20 Å². The molecule has 5 rings (SSSR count). The third-order valence-electron chi connectivity index (χ3n) is 6.58. The van der Waals surface area contributed by atoms with Gasteiger partial charge in [0.15, 0.2) is 0 Å². The molecular formula is C33H31N5O3. The van der Waals surface area contributed by atoms with Gasteiger partial charge in [-0.15, -0.1) is 0 Å². The van der Waals surface area contributed by atoms with Crippen LogP contribution in [0.2, 0.25) is 0 Å². The lowest BCUT2D eigenvalue weighted by molar-refractivity contribution is 0.0940. The van der Waals surface area contributed by atoms with E-state index in [0.717, 1.165) is 24.6 Å². The molecular weight excluding hydrogens is 514 g/mol. The fraction of sp³-hybridized carbons (Fsp3) is 0.182. The van der Waals surface area contributed by atoms with Crippen LogP contribution >= 0.6 is 0 Å². The Morgan fingerprint density at radius 1 is 0.805 bits per heavy atom. The molecule has 8 nitrogen and oxygen atoms in total. The molecule has 8 heteroatoms. The van der Waals surface area contributed by atoms with Crippen LogP contribution in [-0.4, -0.2) is 33.4 Å². The Bertz CT molecular complexity index is 1590. The average Bonchev–Trinajstić information content (AvgIpc) is 3.02. The maximum Gasteiger partial charge on any atom is 0.259 e. The van der Waals surface area contributed by atoms with Gasteiger partial charge >= 0.3 is 0 Å². The quantitative estimate of drug-likeness (QED) is 0.187. The molecule has 0 saturated heterocycles. The second kappa shape index (κ2) is 13.3. The number of amides is 2. The van der Waals surface area contributed by atoms with E-state index < -0.39 is 6.04 Å². The van der Waals surface area contributed by atoms with Crippen LogP contribution in [0.25, 0.3) is 10.9 Å². The molecule has 0 bridgehead atoms. The topological polar surface area (TPSA) is 106 Å². The number of rotatable bonds is 11. The standard InChI is InChI=1S/C33H31N5O3/c1-2-3-10-19-41-30-14-5-4-11-26(30)33(40)37-25-16-15-23-20-24(22-36-29(23)21-25)32(39)38-31(27-12-6-8-17-34-27)28-13-7-9-18-35-28/h4-9,11-18,20-22,31H,2-3,10,19H2,1H3,(H,37,40)(H,38,39). The van der Waals surface area contributed by atoms with Crippen molar-refractivity contribution >= 4 is 28.4 Å². The van der Waals surface area contributed by atoms with Crippen molar-refractivity contribution in [2.75, 3.05) is 11.9 Å². The minimum absolute atomic E-state index is 0.262. The normalized spacial score (nSPS) is 10.9. The first-order valence-corrected chi connectivity index (χ1v) is 13.7. The van der Waals surface area contributed by atoms with Gasteiger partial charge in [-0.1, -0.05) is 50.1 Å². The number of benzene rings is 2. The summed E-state index contributed by atoms with van der Waals surface area (Å²) in [5, 5.41) is 6.75. The summed E-state index contributed by atoms with van der Waals surface area (Å²) in [6.07, 6.45) is 8.02. The molecule has 0 aliphatic carbocycles. The van der Waals surface area contributed by atoms with Crippen molar-refractivity contribution in [3.05, 3.63) is 126 Å². The SMILES string of the molecule is CCCCCOc1ccccc1C(=O)Nc1ccc2cc(C(=O)NC(c3ccccn3)c3ccccn3)cnc2c1. The van der Waals surface area contributed by atoms with Crippen molar-refractivity contribution in [2.45, 2.75) is 32.2 Å². The third-order valence-corrected chi connectivity index (χ3v) is 6.58. The van der Waals surface area contributed by atoms with Crippen LogP contribution in [0.1, 0.15) is 64.3 Å². The Hall–Kier alpha value is -5.11. The summed E-state index contributed by atoms with van der Waals surface area (Å²) in [5.74, 6) is 0.000495. The summed E-state index contributed by atoms with van der Waals surface area (Å²) in [7, 11) is 0. The van der Waals surface area contributed by atoms with E-state index in [4.69, 9.17) is 4.74 Å². The Morgan fingerprint density at radius 3 is 2.24 bits per heavy atom. The lowest BCUT2D eigenvalue weighted by Crippen LogP contribution is -2.30. The summed E-state index contributed by atoms with van der Waals surface area (Å²) in [6.45, 7) is 2.70. The van der Waals surface area contributed by atoms with E-state index in [1.807, 2.05) is 60.7 Å². The number of hydrogen-bond donors (Lipinski definition) is 2. The predicted molar refractivity (Wildman–Crippen MR) is 159 cm³/mol. The van der Waals surface area contributed by atoms with Gasteiger partial charge in [0.2, 0.25) is 0 Å². The van der Waals surface area contributed by atoms with E-state index in [2.05, 4.69) is 32.5 Å². The van der Waals surface area contributed by atoms with Gasteiger partial charge in [-0.2, -0.15) is 0 Å². The highest BCUT2D eigenvalue weighted by Crippen LogP contribution is 2.24. The number of carbonyl (C=O) groups excluding carboxylic acids is 2. The Balaban J connectivity index is 1.30. The van der Waals surface area contributed by atoms with E-state index in [0.29, 0.717) is 46.1 Å². The largest absolute Gasteiger partial charge is 0.493 e. The van der Waals surface area contributed by atoms with E-state index in [-0.39, 0.29) is 11.8 Å². The number of anilines is 1. The number of para-hydroxylation sites is 1. The zero-order valence-electron chi connectivity index (χ0n) is 22.8. The molecule has 0 unspecified atom stereocenters. The van der Waals surface area contributed by atoms with Crippen LogP contribution < -0.4 is 15.4 Å². The fourth-order valence-electron chi connectivity index (χ4n) is 4.44. The van der Waals surface area contributed by atoms with E-state index >= 15 is 0 Å².